The predicted octanol–water partition coefficient (Wildman–Crippen LogP) is -0.956. The van der Waals surface area contributed by atoms with Crippen LogP contribution in [0.4, 0.5) is 0 Å². The fourth-order valence-electron chi connectivity index (χ4n) is 1.82. The number of hydrogen-bond donors (Lipinski definition) is 3. The molecule has 0 aromatic heterocycles. The van der Waals surface area contributed by atoms with Crippen molar-refractivity contribution in [2.75, 3.05) is 32.8 Å². The van der Waals surface area contributed by atoms with Gasteiger partial charge in [-0.3, -0.25) is 0 Å². The number of nitrogens with zero attached hydrogens (tertiary/aromatic N) is 1. The van der Waals surface area contributed by atoms with E-state index in [1.807, 2.05) is 0 Å². The topological polar surface area (TPSA) is 63.9 Å². The Morgan fingerprint density at radius 3 is 2.77 bits per heavy atom. The minimum Gasteiger partial charge on any atom is -0.396 e. The molecular weight excluding hydrogens is 170 g/mol. The smallest absolute Gasteiger partial charge is 0.0897 e. The number of likely N-dealkylation sites (tertiary alicyclic amines) is 1. The molecule has 1 saturated heterocycles. The number of β-amino-alcohol motifs (C(OH)–C–C–N with tert-alkyl or cyclic N) is 1. The molecule has 3 N–H and O–H groups in total. The van der Waals surface area contributed by atoms with Crippen molar-refractivity contribution in [1.82, 2.24) is 4.90 Å². The summed E-state index contributed by atoms with van der Waals surface area (Å²) in [7, 11) is 0. The highest BCUT2D eigenvalue weighted by atomic mass is 16.3. The summed E-state index contributed by atoms with van der Waals surface area (Å²) in [5, 5.41) is 26.8. The molecule has 1 heterocycles. The van der Waals surface area contributed by atoms with E-state index < -0.39 is 6.10 Å². The molecule has 2 atom stereocenters. The Morgan fingerprint density at radius 2 is 2.15 bits per heavy atom. The summed E-state index contributed by atoms with van der Waals surface area (Å²) >= 11 is 0. The standard InChI is InChI=1S/C9H19NO3/c11-6-8-2-1-3-10(4-8)5-9(13)7-12/h8-9,11-13H,1-7H2. The molecule has 0 aromatic rings. The monoisotopic (exact) mass is 189 g/mol. The molecule has 0 aromatic carbocycles. The fraction of sp³-hybridized carbons (Fsp3) is 1.00. The summed E-state index contributed by atoms with van der Waals surface area (Å²) < 4.78 is 0. The van der Waals surface area contributed by atoms with Crippen molar-refractivity contribution in [3.05, 3.63) is 0 Å². The third-order valence-electron chi connectivity index (χ3n) is 2.54. The van der Waals surface area contributed by atoms with Crippen LogP contribution in [0.15, 0.2) is 0 Å². The molecule has 78 valence electrons. The van der Waals surface area contributed by atoms with Crippen LogP contribution in [0.25, 0.3) is 0 Å². The Kier molecular flexibility index (Phi) is 4.66. The number of rotatable bonds is 4. The summed E-state index contributed by atoms with van der Waals surface area (Å²) in [4.78, 5) is 2.10. The van der Waals surface area contributed by atoms with Gasteiger partial charge in [0.05, 0.1) is 12.7 Å². The average Bonchev–Trinajstić information content (AvgIpc) is 2.18. The van der Waals surface area contributed by atoms with Crippen LogP contribution in [0, 0.1) is 5.92 Å². The van der Waals surface area contributed by atoms with Gasteiger partial charge >= 0.3 is 0 Å². The molecule has 2 unspecified atom stereocenters. The normalized spacial score (nSPS) is 27.5. The Labute approximate surface area is 78.8 Å². The fourth-order valence-corrected chi connectivity index (χ4v) is 1.82. The SMILES string of the molecule is OCC(O)CN1CCCC(CO)C1. The van der Waals surface area contributed by atoms with E-state index in [0.717, 1.165) is 25.9 Å². The second-order valence-corrected chi connectivity index (χ2v) is 3.79. The van der Waals surface area contributed by atoms with E-state index in [1.54, 1.807) is 0 Å². The molecule has 0 radical (unpaired) electrons. The van der Waals surface area contributed by atoms with E-state index in [9.17, 15) is 5.11 Å². The average molecular weight is 189 g/mol. The lowest BCUT2D eigenvalue weighted by molar-refractivity contribution is 0.0369. The first-order valence-electron chi connectivity index (χ1n) is 4.88. The minimum atomic E-state index is -0.641. The third-order valence-corrected chi connectivity index (χ3v) is 2.54. The maximum Gasteiger partial charge on any atom is 0.0897 e. The zero-order chi connectivity index (χ0) is 9.68. The van der Waals surface area contributed by atoms with E-state index >= 15 is 0 Å². The van der Waals surface area contributed by atoms with Crippen LogP contribution in [-0.2, 0) is 0 Å². The van der Waals surface area contributed by atoms with Crippen molar-refractivity contribution in [3.63, 3.8) is 0 Å². The number of aliphatic hydroxyl groups is 3. The van der Waals surface area contributed by atoms with E-state index in [1.165, 1.54) is 0 Å². The molecule has 13 heavy (non-hydrogen) atoms. The van der Waals surface area contributed by atoms with Crippen molar-refractivity contribution >= 4 is 0 Å². The van der Waals surface area contributed by atoms with Gasteiger partial charge in [-0.05, 0) is 25.3 Å². The van der Waals surface area contributed by atoms with E-state index in [0.29, 0.717) is 12.5 Å². The molecule has 4 nitrogen and oxygen atoms in total. The Balaban J connectivity index is 2.25. The molecule has 1 aliphatic rings. The molecule has 4 heteroatoms. The summed E-state index contributed by atoms with van der Waals surface area (Å²) in [6.45, 7) is 2.38. The zero-order valence-corrected chi connectivity index (χ0v) is 7.89. The zero-order valence-electron chi connectivity index (χ0n) is 7.89. The van der Waals surface area contributed by atoms with Crippen LogP contribution >= 0.6 is 0 Å². The lowest BCUT2D eigenvalue weighted by atomic mass is 9.99. The molecule has 0 bridgehead atoms. The Bertz CT molecular complexity index is 141. The van der Waals surface area contributed by atoms with Gasteiger partial charge in [0.1, 0.15) is 0 Å². The quantitative estimate of drug-likeness (QED) is 0.533. The summed E-state index contributed by atoms with van der Waals surface area (Å²) in [5.74, 6) is 0.347. The van der Waals surface area contributed by atoms with Crippen molar-refractivity contribution in [1.29, 1.82) is 0 Å². The molecule has 1 fully saturated rings. The van der Waals surface area contributed by atoms with Gasteiger partial charge in [0.15, 0.2) is 0 Å². The van der Waals surface area contributed by atoms with Gasteiger partial charge in [0.25, 0.3) is 0 Å². The minimum absolute atomic E-state index is 0.180. The van der Waals surface area contributed by atoms with Crippen LogP contribution in [0.5, 0.6) is 0 Å². The van der Waals surface area contributed by atoms with Crippen molar-refractivity contribution in [2.45, 2.75) is 18.9 Å². The van der Waals surface area contributed by atoms with Gasteiger partial charge < -0.3 is 20.2 Å². The van der Waals surface area contributed by atoms with E-state index in [-0.39, 0.29) is 13.2 Å². The lowest BCUT2D eigenvalue weighted by Crippen LogP contribution is -2.42. The largest absolute Gasteiger partial charge is 0.396 e. The summed E-state index contributed by atoms with van der Waals surface area (Å²) in [6.07, 6.45) is 1.50. The third kappa shape index (κ3) is 3.60. The molecule has 0 spiro atoms. The molecule has 1 aliphatic heterocycles. The van der Waals surface area contributed by atoms with Gasteiger partial charge in [-0.2, -0.15) is 0 Å². The van der Waals surface area contributed by atoms with Crippen LogP contribution in [0.1, 0.15) is 12.8 Å². The Morgan fingerprint density at radius 1 is 1.38 bits per heavy atom. The number of piperidine rings is 1. The number of hydrogen-bond acceptors (Lipinski definition) is 4. The first-order valence-corrected chi connectivity index (χ1v) is 4.88. The first kappa shape index (κ1) is 10.9. The maximum atomic E-state index is 9.21. The highest BCUT2D eigenvalue weighted by Gasteiger charge is 2.20. The molecule has 1 rings (SSSR count). The summed E-state index contributed by atoms with van der Waals surface area (Å²) in [5.41, 5.74) is 0. The van der Waals surface area contributed by atoms with Crippen LogP contribution in [-0.4, -0.2) is 59.2 Å². The van der Waals surface area contributed by atoms with E-state index in [2.05, 4.69) is 4.90 Å². The molecule has 0 aliphatic carbocycles. The van der Waals surface area contributed by atoms with Gasteiger partial charge in [-0.15, -0.1) is 0 Å². The second kappa shape index (κ2) is 5.54. The molecule has 0 amide bonds. The predicted molar refractivity (Wildman–Crippen MR) is 49.3 cm³/mol. The van der Waals surface area contributed by atoms with E-state index in [4.69, 9.17) is 10.2 Å². The van der Waals surface area contributed by atoms with Gasteiger partial charge in [0, 0.05) is 19.7 Å². The van der Waals surface area contributed by atoms with Crippen LogP contribution in [0.3, 0.4) is 0 Å². The highest BCUT2D eigenvalue weighted by molar-refractivity contribution is 4.74. The van der Waals surface area contributed by atoms with Gasteiger partial charge in [-0.1, -0.05) is 0 Å². The van der Waals surface area contributed by atoms with Crippen molar-refractivity contribution < 1.29 is 15.3 Å². The Hall–Kier alpha value is -0.160. The summed E-state index contributed by atoms with van der Waals surface area (Å²) in [6, 6.07) is 0. The first-order chi connectivity index (χ1) is 6.26. The van der Waals surface area contributed by atoms with Crippen LogP contribution < -0.4 is 0 Å². The van der Waals surface area contributed by atoms with Crippen LogP contribution in [0.2, 0.25) is 0 Å². The van der Waals surface area contributed by atoms with Gasteiger partial charge in [-0.25, -0.2) is 0 Å². The highest BCUT2D eigenvalue weighted by Crippen LogP contribution is 2.15. The lowest BCUT2D eigenvalue weighted by Gasteiger charge is -2.32. The second-order valence-electron chi connectivity index (χ2n) is 3.79. The molecule has 0 saturated carbocycles. The number of aliphatic hydroxyl groups excluding tert-OH is 3. The molecular formula is C9H19NO3. The van der Waals surface area contributed by atoms with Crippen molar-refractivity contribution in [2.24, 2.45) is 5.92 Å². The maximum absolute atomic E-state index is 9.21. The van der Waals surface area contributed by atoms with Gasteiger partial charge in [0.2, 0.25) is 0 Å². The van der Waals surface area contributed by atoms with Crippen molar-refractivity contribution in [3.8, 4) is 0 Å².